The van der Waals surface area contributed by atoms with Crippen molar-refractivity contribution >= 4 is 51.3 Å². The largest absolute Gasteiger partial charge is 0.286 e. The van der Waals surface area contributed by atoms with Gasteiger partial charge in [0.2, 0.25) is 21.8 Å². The third-order valence-corrected chi connectivity index (χ3v) is 3.92. The van der Waals surface area contributed by atoms with Crippen LogP contribution in [0.1, 0.15) is 10.4 Å². The molecule has 0 fully saturated rings. The number of anilines is 1. The lowest BCUT2D eigenvalue weighted by Crippen LogP contribution is -2.13. The molecule has 96 valence electrons. The van der Waals surface area contributed by atoms with Gasteiger partial charge in [0.25, 0.3) is 0 Å². The summed E-state index contributed by atoms with van der Waals surface area (Å²) in [5.41, 5.74) is 2.82. The number of rotatable bonds is 5. The van der Waals surface area contributed by atoms with E-state index >= 15 is 0 Å². The fraction of sp³-hybridized carbons (Fsp3) is 0.100. The summed E-state index contributed by atoms with van der Waals surface area (Å²) in [6.07, 6.45) is 1.86. The van der Waals surface area contributed by atoms with Crippen LogP contribution in [0.15, 0.2) is 27.1 Å². The summed E-state index contributed by atoms with van der Waals surface area (Å²) in [7, 11) is 0. The number of thiophene rings is 1. The monoisotopic (exact) mass is 309 g/mol. The molecule has 1 N–H and O–H groups in total. The first-order chi connectivity index (χ1) is 9.24. The molecule has 2 aromatic rings. The standard InChI is InChI=1S/C10H7N5OS3/c1-17-10-12-9(19-15-10)14-13-7(4-11)8(16)6-2-3-18-5-6/h2-3,5H,1H3,(H,12,14,15). The summed E-state index contributed by atoms with van der Waals surface area (Å²) in [6.45, 7) is 0. The molecule has 0 radical (unpaired) electrons. The number of hydrogen-bond acceptors (Lipinski definition) is 9. The van der Waals surface area contributed by atoms with Crippen LogP contribution in [0.5, 0.6) is 0 Å². The molecule has 19 heavy (non-hydrogen) atoms. The summed E-state index contributed by atoms with van der Waals surface area (Å²) < 4.78 is 4.03. The highest BCUT2D eigenvalue weighted by Crippen LogP contribution is 2.17. The van der Waals surface area contributed by atoms with Crippen LogP contribution in [0.2, 0.25) is 0 Å². The zero-order valence-corrected chi connectivity index (χ0v) is 12.1. The van der Waals surface area contributed by atoms with E-state index in [1.54, 1.807) is 22.9 Å². The molecule has 2 heterocycles. The zero-order valence-electron chi connectivity index (χ0n) is 9.65. The summed E-state index contributed by atoms with van der Waals surface area (Å²) in [6, 6.07) is 3.42. The van der Waals surface area contributed by atoms with E-state index in [1.165, 1.54) is 23.1 Å². The van der Waals surface area contributed by atoms with Crippen molar-refractivity contribution in [3.63, 3.8) is 0 Å². The number of nitriles is 1. The Hall–Kier alpha value is -1.76. The topological polar surface area (TPSA) is 91.0 Å². The second-order valence-corrected chi connectivity index (χ2v) is 5.42. The maximum atomic E-state index is 11.9. The summed E-state index contributed by atoms with van der Waals surface area (Å²) in [5, 5.41) is 17.2. The van der Waals surface area contributed by atoms with Crippen molar-refractivity contribution in [3.8, 4) is 6.07 Å². The van der Waals surface area contributed by atoms with E-state index < -0.39 is 5.78 Å². The number of hydrazone groups is 1. The first-order valence-electron chi connectivity index (χ1n) is 4.93. The van der Waals surface area contributed by atoms with Crippen molar-refractivity contribution < 1.29 is 4.79 Å². The summed E-state index contributed by atoms with van der Waals surface area (Å²) in [4.78, 5) is 16.0. The van der Waals surface area contributed by atoms with Crippen molar-refractivity contribution in [2.75, 3.05) is 11.7 Å². The van der Waals surface area contributed by atoms with E-state index in [4.69, 9.17) is 5.26 Å². The number of carbonyl (C=O) groups is 1. The number of nitrogens with one attached hydrogen (secondary N) is 1. The van der Waals surface area contributed by atoms with Crippen LogP contribution in [-0.2, 0) is 0 Å². The number of Topliss-reactive ketones (excluding diaryl/α,β-unsaturated/α-hetero) is 1. The van der Waals surface area contributed by atoms with Crippen LogP contribution in [0.3, 0.4) is 0 Å². The van der Waals surface area contributed by atoms with Crippen LogP contribution < -0.4 is 5.43 Å². The van der Waals surface area contributed by atoms with Crippen molar-refractivity contribution in [1.82, 2.24) is 9.36 Å². The van der Waals surface area contributed by atoms with Gasteiger partial charge in [0, 0.05) is 22.5 Å². The molecule has 2 rings (SSSR count). The Morgan fingerprint density at radius 3 is 3.05 bits per heavy atom. The van der Waals surface area contributed by atoms with E-state index in [0.29, 0.717) is 15.9 Å². The molecule has 0 saturated heterocycles. The van der Waals surface area contributed by atoms with Gasteiger partial charge in [0.05, 0.1) is 0 Å². The second kappa shape index (κ2) is 6.42. The quantitative estimate of drug-likeness (QED) is 0.395. The number of thioether (sulfide) groups is 1. The molecule has 0 atom stereocenters. The zero-order chi connectivity index (χ0) is 13.7. The van der Waals surface area contributed by atoms with E-state index in [0.717, 1.165) is 11.5 Å². The molecule has 6 nitrogen and oxygen atoms in total. The first-order valence-corrected chi connectivity index (χ1v) is 7.87. The Bertz CT molecular complexity index is 640. The molecule has 0 amide bonds. The second-order valence-electron chi connectivity index (χ2n) is 3.11. The van der Waals surface area contributed by atoms with Gasteiger partial charge < -0.3 is 0 Å². The number of nitrogens with zero attached hydrogens (tertiary/aromatic N) is 4. The lowest BCUT2D eigenvalue weighted by Gasteiger charge is -1.95. The highest BCUT2D eigenvalue weighted by Gasteiger charge is 2.14. The first kappa shape index (κ1) is 13.7. The lowest BCUT2D eigenvalue weighted by molar-refractivity contribution is 0.106. The molecule has 0 aliphatic carbocycles. The highest BCUT2D eigenvalue weighted by atomic mass is 32.2. The molecule has 0 saturated carbocycles. The minimum atomic E-state index is -0.411. The predicted molar refractivity (Wildman–Crippen MR) is 77.0 cm³/mol. The molecule has 0 aliphatic rings. The van der Waals surface area contributed by atoms with Crippen LogP contribution in [0, 0.1) is 11.3 Å². The van der Waals surface area contributed by atoms with E-state index in [2.05, 4.69) is 19.9 Å². The van der Waals surface area contributed by atoms with Crippen LogP contribution >= 0.6 is 34.6 Å². The van der Waals surface area contributed by atoms with Gasteiger partial charge >= 0.3 is 0 Å². The van der Waals surface area contributed by atoms with Crippen molar-refractivity contribution in [1.29, 1.82) is 5.26 Å². The van der Waals surface area contributed by atoms with Gasteiger partial charge in [0.1, 0.15) is 6.07 Å². The van der Waals surface area contributed by atoms with Crippen LogP contribution in [0.4, 0.5) is 5.13 Å². The van der Waals surface area contributed by atoms with E-state index in [9.17, 15) is 4.79 Å². The summed E-state index contributed by atoms with van der Waals surface area (Å²) >= 11 is 3.91. The van der Waals surface area contributed by atoms with Gasteiger partial charge in [-0.1, -0.05) is 11.8 Å². The van der Waals surface area contributed by atoms with Gasteiger partial charge in [-0.05, 0) is 17.7 Å². The number of hydrogen-bond donors (Lipinski definition) is 1. The third kappa shape index (κ3) is 3.37. The Balaban J connectivity index is 2.12. The molecule has 2 aromatic heterocycles. The minimum absolute atomic E-state index is 0.209. The van der Waals surface area contributed by atoms with E-state index in [1.807, 2.05) is 6.26 Å². The highest BCUT2D eigenvalue weighted by molar-refractivity contribution is 7.98. The predicted octanol–water partition coefficient (Wildman–Crippen LogP) is 2.50. The number of carbonyl (C=O) groups excluding carboxylic acids is 1. The summed E-state index contributed by atoms with van der Waals surface area (Å²) in [5.74, 6) is -0.411. The van der Waals surface area contributed by atoms with Crippen molar-refractivity contribution in [2.45, 2.75) is 5.16 Å². The average Bonchev–Trinajstić information content (AvgIpc) is 3.10. The number of aromatic nitrogens is 2. The smallest absolute Gasteiger partial charge is 0.224 e. The molecule has 0 aliphatic heterocycles. The maximum Gasteiger partial charge on any atom is 0.224 e. The average molecular weight is 309 g/mol. The van der Waals surface area contributed by atoms with Gasteiger partial charge in [-0.25, -0.2) is 5.43 Å². The molecule has 0 aromatic carbocycles. The van der Waals surface area contributed by atoms with Crippen LogP contribution in [-0.4, -0.2) is 27.1 Å². The number of ketones is 1. The Morgan fingerprint density at radius 2 is 2.47 bits per heavy atom. The molecule has 9 heteroatoms. The molecule has 0 unspecified atom stereocenters. The molecule has 0 spiro atoms. The molecular weight excluding hydrogens is 302 g/mol. The Kier molecular flexibility index (Phi) is 4.62. The van der Waals surface area contributed by atoms with Gasteiger partial charge in [-0.2, -0.15) is 31.1 Å². The lowest BCUT2D eigenvalue weighted by atomic mass is 10.1. The fourth-order valence-corrected chi connectivity index (χ4v) is 2.80. The Morgan fingerprint density at radius 1 is 1.63 bits per heavy atom. The van der Waals surface area contributed by atoms with Crippen molar-refractivity contribution in [3.05, 3.63) is 22.4 Å². The minimum Gasteiger partial charge on any atom is -0.286 e. The van der Waals surface area contributed by atoms with Gasteiger partial charge in [-0.15, -0.1) is 0 Å². The fourth-order valence-electron chi connectivity index (χ4n) is 1.10. The molecular formula is C10H7N5OS3. The van der Waals surface area contributed by atoms with Gasteiger partial charge in [-0.3, -0.25) is 4.79 Å². The van der Waals surface area contributed by atoms with Crippen molar-refractivity contribution in [2.24, 2.45) is 5.10 Å². The molecule has 0 bridgehead atoms. The van der Waals surface area contributed by atoms with Gasteiger partial charge in [0.15, 0.2) is 0 Å². The van der Waals surface area contributed by atoms with Crippen LogP contribution in [0.25, 0.3) is 0 Å². The Labute approximate surface area is 121 Å². The van der Waals surface area contributed by atoms with E-state index in [-0.39, 0.29) is 5.71 Å². The normalized spacial score (nSPS) is 11.1. The maximum absolute atomic E-state index is 11.9. The third-order valence-electron chi connectivity index (χ3n) is 1.96. The SMILES string of the molecule is CSc1nsc(NN=C(C#N)C(=O)c2ccsc2)n1.